The first-order valence-corrected chi connectivity index (χ1v) is 15.9. The summed E-state index contributed by atoms with van der Waals surface area (Å²) in [6.45, 7) is 7.61. The van der Waals surface area contributed by atoms with E-state index in [4.69, 9.17) is 0 Å². The third-order valence-corrected chi connectivity index (χ3v) is 9.19. The summed E-state index contributed by atoms with van der Waals surface area (Å²) >= 11 is 0. The number of likely N-dealkylation sites (N-methyl/N-ethyl adjacent to an activating group) is 1. The van der Waals surface area contributed by atoms with Crippen LogP contribution < -0.4 is 9.62 Å². The van der Waals surface area contributed by atoms with E-state index in [9.17, 15) is 18.0 Å². The molecular formula is C35H39N3O4S. The number of carbonyl (C=O) groups is 2. The fourth-order valence-electron chi connectivity index (χ4n) is 4.97. The highest BCUT2D eigenvalue weighted by atomic mass is 32.2. The van der Waals surface area contributed by atoms with E-state index in [0.717, 1.165) is 32.1 Å². The highest BCUT2D eigenvalue weighted by Crippen LogP contribution is 2.26. The first-order valence-electron chi connectivity index (χ1n) is 14.4. The minimum atomic E-state index is -4.13. The van der Waals surface area contributed by atoms with Gasteiger partial charge in [-0.25, -0.2) is 8.42 Å². The fraction of sp³-hybridized carbons (Fsp3) is 0.257. The molecule has 1 N–H and O–H groups in total. The van der Waals surface area contributed by atoms with E-state index in [2.05, 4.69) is 5.32 Å². The van der Waals surface area contributed by atoms with Crippen molar-refractivity contribution in [3.05, 3.63) is 131 Å². The van der Waals surface area contributed by atoms with E-state index in [0.29, 0.717) is 12.2 Å². The van der Waals surface area contributed by atoms with Gasteiger partial charge in [-0.3, -0.25) is 13.9 Å². The Bertz CT molecular complexity index is 1650. The van der Waals surface area contributed by atoms with Gasteiger partial charge < -0.3 is 10.2 Å². The number of nitrogens with one attached hydrogen (secondary N) is 1. The number of hydrogen-bond donors (Lipinski definition) is 1. The summed E-state index contributed by atoms with van der Waals surface area (Å²) in [6, 6.07) is 30.0. The zero-order chi connectivity index (χ0) is 31.0. The van der Waals surface area contributed by atoms with Crippen LogP contribution in [0.15, 0.2) is 108 Å². The number of amides is 2. The zero-order valence-electron chi connectivity index (χ0n) is 25.2. The summed E-state index contributed by atoms with van der Waals surface area (Å²) in [5, 5.41) is 2.89. The van der Waals surface area contributed by atoms with Crippen molar-refractivity contribution in [1.29, 1.82) is 0 Å². The fourth-order valence-corrected chi connectivity index (χ4v) is 6.37. The second-order valence-corrected chi connectivity index (χ2v) is 12.6. The van der Waals surface area contributed by atoms with Crippen LogP contribution in [0, 0.1) is 20.8 Å². The summed E-state index contributed by atoms with van der Waals surface area (Å²) in [5.41, 5.74) is 4.90. The topological polar surface area (TPSA) is 86.8 Å². The van der Waals surface area contributed by atoms with Crippen molar-refractivity contribution < 1.29 is 18.0 Å². The van der Waals surface area contributed by atoms with Crippen LogP contribution in [0.4, 0.5) is 5.69 Å². The monoisotopic (exact) mass is 597 g/mol. The Morgan fingerprint density at radius 3 is 2.12 bits per heavy atom. The van der Waals surface area contributed by atoms with E-state index >= 15 is 0 Å². The summed E-state index contributed by atoms with van der Waals surface area (Å²) in [5.74, 6) is -0.774. The van der Waals surface area contributed by atoms with Crippen molar-refractivity contribution in [2.75, 3.05) is 17.4 Å². The molecule has 8 heteroatoms. The molecule has 4 rings (SSSR count). The van der Waals surface area contributed by atoms with Crippen molar-refractivity contribution >= 4 is 27.5 Å². The second kappa shape index (κ2) is 14.2. The number of anilines is 1. The summed E-state index contributed by atoms with van der Waals surface area (Å²) in [6.07, 6.45) is 0.277. The minimum Gasteiger partial charge on any atom is -0.355 e. The van der Waals surface area contributed by atoms with Crippen LogP contribution >= 0.6 is 0 Å². The van der Waals surface area contributed by atoms with Crippen LogP contribution in [-0.2, 0) is 32.6 Å². The Morgan fingerprint density at radius 2 is 1.47 bits per heavy atom. The van der Waals surface area contributed by atoms with Crippen molar-refractivity contribution in [2.24, 2.45) is 0 Å². The van der Waals surface area contributed by atoms with E-state index in [-0.39, 0.29) is 23.8 Å². The quantitative estimate of drug-likeness (QED) is 0.231. The predicted molar refractivity (Wildman–Crippen MR) is 171 cm³/mol. The molecule has 43 heavy (non-hydrogen) atoms. The van der Waals surface area contributed by atoms with Gasteiger partial charge in [0, 0.05) is 19.5 Å². The van der Waals surface area contributed by atoms with Crippen LogP contribution in [0.25, 0.3) is 0 Å². The lowest BCUT2D eigenvalue weighted by atomic mass is 10.0. The van der Waals surface area contributed by atoms with Gasteiger partial charge >= 0.3 is 0 Å². The van der Waals surface area contributed by atoms with Gasteiger partial charge in [-0.15, -0.1) is 0 Å². The van der Waals surface area contributed by atoms with Crippen molar-refractivity contribution in [3.8, 4) is 0 Å². The third kappa shape index (κ3) is 7.90. The van der Waals surface area contributed by atoms with Crippen LogP contribution in [0.5, 0.6) is 0 Å². The zero-order valence-corrected chi connectivity index (χ0v) is 26.0. The van der Waals surface area contributed by atoms with E-state index in [1.807, 2.05) is 88.4 Å². The van der Waals surface area contributed by atoms with Gasteiger partial charge in [0.15, 0.2) is 0 Å². The molecule has 224 valence electrons. The van der Waals surface area contributed by atoms with Crippen LogP contribution in [-0.4, -0.2) is 44.3 Å². The SMILES string of the molecule is CCNC(=O)[C@@H](Cc1ccccc1)N(Cc1ccccc1C)C(=O)CN(c1cccc(C)c1)S(=O)(=O)c1ccc(C)cc1. The number of nitrogens with zero attached hydrogens (tertiary/aromatic N) is 2. The van der Waals surface area contributed by atoms with Crippen LogP contribution in [0.2, 0.25) is 0 Å². The molecule has 0 saturated carbocycles. The third-order valence-electron chi connectivity index (χ3n) is 7.40. The number of sulfonamides is 1. The Kier molecular flexibility index (Phi) is 10.4. The number of benzene rings is 4. The Morgan fingerprint density at radius 1 is 0.791 bits per heavy atom. The number of carbonyl (C=O) groups excluding carboxylic acids is 2. The Labute approximate surface area is 255 Å². The first-order chi connectivity index (χ1) is 20.6. The number of rotatable bonds is 12. The van der Waals surface area contributed by atoms with Crippen molar-refractivity contribution in [3.63, 3.8) is 0 Å². The highest BCUT2D eigenvalue weighted by molar-refractivity contribution is 7.92. The molecule has 1 atom stereocenters. The first kappa shape index (κ1) is 31.5. The Balaban J connectivity index is 1.80. The van der Waals surface area contributed by atoms with Gasteiger partial charge in [0.05, 0.1) is 10.6 Å². The lowest BCUT2D eigenvalue weighted by Gasteiger charge is -2.34. The molecule has 0 radical (unpaired) electrons. The molecule has 0 bridgehead atoms. The van der Waals surface area contributed by atoms with Gasteiger partial charge in [-0.05, 0) is 74.2 Å². The maximum Gasteiger partial charge on any atom is 0.264 e. The smallest absolute Gasteiger partial charge is 0.264 e. The van der Waals surface area contributed by atoms with E-state index in [1.54, 1.807) is 42.5 Å². The molecular weight excluding hydrogens is 558 g/mol. The molecule has 0 heterocycles. The molecule has 4 aromatic rings. The lowest BCUT2D eigenvalue weighted by molar-refractivity contribution is -0.140. The van der Waals surface area contributed by atoms with Gasteiger partial charge in [0.1, 0.15) is 12.6 Å². The maximum atomic E-state index is 14.4. The largest absolute Gasteiger partial charge is 0.355 e. The second-order valence-electron chi connectivity index (χ2n) is 10.7. The average molecular weight is 598 g/mol. The maximum absolute atomic E-state index is 14.4. The van der Waals surface area contributed by atoms with E-state index in [1.165, 1.54) is 4.90 Å². The van der Waals surface area contributed by atoms with Crippen LogP contribution in [0.3, 0.4) is 0 Å². The van der Waals surface area contributed by atoms with Crippen molar-refractivity contribution in [2.45, 2.75) is 51.6 Å². The van der Waals surface area contributed by atoms with Gasteiger partial charge in [-0.2, -0.15) is 0 Å². The van der Waals surface area contributed by atoms with Gasteiger partial charge in [-0.1, -0.05) is 84.4 Å². The molecule has 7 nitrogen and oxygen atoms in total. The molecule has 0 fully saturated rings. The summed E-state index contributed by atoms with van der Waals surface area (Å²) in [7, 11) is -4.13. The molecule has 0 unspecified atom stereocenters. The minimum absolute atomic E-state index is 0.0856. The molecule has 0 aliphatic rings. The normalized spacial score (nSPS) is 11.9. The lowest BCUT2D eigenvalue weighted by Crippen LogP contribution is -2.53. The molecule has 2 amide bonds. The average Bonchev–Trinajstić information content (AvgIpc) is 2.99. The van der Waals surface area contributed by atoms with Gasteiger partial charge in [0.2, 0.25) is 11.8 Å². The number of hydrogen-bond acceptors (Lipinski definition) is 4. The number of aryl methyl sites for hydroxylation is 3. The van der Waals surface area contributed by atoms with Gasteiger partial charge in [0.25, 0.3) is 10.0 Å². The van der Waals surface area contributed by atoms with E-state index < -0.39 is 28.5 Å². The predicted octanol–water partition coefficient (Wildman–Crippen LogP) is 5.58. The highest BCUT2D eigenvalue weighted by Gasteiger charge is 2.34. The van der Waals surface area contributed by atoms with Crippen LogP contribution in [0.1, 0.15) is 34.7 Å². The molecule has 0 aliphatic heterocycles. The molecule has 0 saturated heterocycles. The Hall–Kier alpha value is -4.43. The summed E-state index contributed by atoms with van der Waals surface area (Å²) < 4.78 is 29.3. The summed E-state index contributed by atoms with van der Waals surface area (Å²) in [4.78, 5) is 29.6. The molecule has 0 spiro atoms. The van der Waals surface area contributed by atoms with Crippen molar-refractivity contribution in [1.82, 2.24) is 10.2 Å². The standard InChI is InChI=1S/C35H39N3O4S/c1-5-36-35(40)33(23-29-14-7-6-8-15-29)37(24-30-16-10-9-13-28(30)4)34(39)25-38(31-17-11-12-27(3)22-31)43(41,42)32-20-18-26(2)19-21-32/h6-22,33H,5,23-25H2,1-4H3,(H,36,40)/t33-/m1/s1. The molecule has 0 aromatic heterocycles. The molecule has 0 aliphatic carbocycles. The molecule has 4 aromatic carbocycles.